The van der Waals surface area contributed by atoms with E-state index in [-0.39, 0.29) is 0 Å². The van der Waals surface area contributed by atoms with Gasteiger partial charge in [0.2, 0.25) is 0 Å². The topological polar surface area (TPSA) is 57.5 Å². The first-order chi connectivity index (χ1) is 14.1. The minimum atomic E-state index is -1.97. The van der Waals surface area contributed by atoms with E-state index in [0.717, 1.165) is 0 Å². The summed E-state index contributed by atoms with van der Waals surface area (Å²) in [6, 6.07) is 33.7. The summed E-state index contributed by atoms with van der Waals surface area (Å²) in [5.41, 5.74) is 0. The number of hydrogen-bond acceptors (Lipinski definition) is 1. The van der Waals surface area contributed by atoms with Crippen molar-refractivity contribution in [2.24, 2.45) is 0 Å². The fourth-order valence-electron chi connectivity index (χ4n) is 3.92. The fraction of sp³-hybridized carbons (Fsp3) is 0.240. The molecule has 3 aromatic rings. The summed E-state index contributed by atoms with van der Waals surface area (Å²) in [5, 5.41) is 18.5. The van der Waals surface area contributed by atoms with E-state index < -0.39 is 13.4 Å². The Balaban J connectivity index is 0.000000687. The van der Waals surface area contributed by atoms with E-state index in [2.05, 4.69) is 97.9 Å². The molecule has 0 aliphatic heterocycles. The van der Waals surface area contributed by atoms with Crippen LogP contribution in [-0.2, 0) is 0 Å². The Morgan fingerprint density at radius 2 is 1.00 bits per heavy atom. The van der Waals surface area contributed by atoms with Crippen LogP contribution >= 0.6 is 7.26 Å². The number of carbonyl (C=O) groups is 1. The third kappa shape index (κ3) is 6.44. The van der Waals surface area contributed by atoms with Crippen LogP contribution in [0.25, 0.3) is 0 Å². The Kier molecular flexibility index (Phi) is 9.40. The van der Waals surface area contributed by atoms with Crippen molar-refractivity contribution in [1.29, 1.82) is 0 Å². The number of unbranched alkanes of at least 4 members (excludes halogenated alkanes) is 3. The summed E-state index contributed by atoms with van der Waals surface area (Å²) in [6.45, 7) is 2.29. The molecule has 0 aliphatic rings. The largest absolute Gasteiger partial charge is 0.503 e. The molecule has 0 bridgehead atoms. The first-order valence-corrected chi connectivity index (χ1v) is 12.4. The third-order valence-corrected chi connectivity index (χ3v) is 10.3. The molecule has 0 aliphatic carbocycles. The summed E-state index contributed by atoms with van der Waals surface area (Å²) >= 11 is 0. The van der Waals surface area contributed by atoms with Gasteiger partial charge >= 0.3 is 159 Å². The summed E-state index contributed by atoms with van der Waals surface area (Å²) in [5.74, 6) is 0. The minimum Gasteiger partial charge on any atom is -0.450 e. The SMILES string of the molecule is CCCCCC[PH](c1ccccc1)(c1ccccc1)c1ccccc1.O=C(O)O. The van der Waals surface area contributed by atoms with Crippen molar-refractivity contribution in [3.63, 3.8) is 0 Å². The Morgan fingerprint density at radius 3 is 1.31 bits per heavy atom. The van der Waals surface area contributed by atoms with Crippen molar-refractivity contribution in [2.75, 3.05) is 6.16 Å². The van der Waals surface area contributed by atoms with E-state index in [9.17, 15) is 0 Å². The molecule has 4 heteroatoms. The van der Waals surface area contributed by atoms with Crippen molar-refractivity contribution < 1.29 is 15.0 Å². The van der Waals surface area contributed by atoms with Crippen molar-refractivity contribution >= 4 is 29.3 Å². The molecule has 2 N–H and O–H groups in total. The second-order valence-electron chi connectivity index (χ2n) is 7.10. The van der Waals surface area contributed by atoms with E-state index in [1.54, 1.807) is 0 Å². The molecular weight excluding hydrogens is 379 g/mol. The summed E-state index contributed by atoms with van der Waals surface area (Å²) in [7, 11) is -1.97. The van der Waals surface area contributed by atoms with Gasteiger partial charge in [0.25, 0.3) is 0 Å². The molecule has 0 atom stereocenters. The quantitative estimate of drug-likeness (QED) is 0.380. The van der Waals surface area contributed by atoms with E-state index in [1.807, 2.05) is 0 Å². The van der Waals surface area contributed by atoms with Gasteiger partial charge in [-0.3, -0.25) is 0 Å². The van der Waals surface area contributed by atoms with Crippen molar-refractivity contribution in [1.82, 2.24) is 0 Å². The third-order valence-electron chi connectivity index (χ3n) is 5.21. The monoisotopic (exact) mass is 410 g/mol. The molecule has 0 amide bonds. The molecule has 0 fully saturated rings. The molecule has 0 heterocycles. The molecule has 29 heavy (non-hydrogen) atoms. The number of carboxylic acid groups (broad SMARTS) is 2. The molecule has 0 spiro atoms. The smallest absolute Gasteiger partial charge is 0.450 e. The second-order valence-corrected chi connectivity index (χ2v) is 11.1. The predicted octanol–water partition coefficient (Wildman–Crippen LogP) is 5.52. The van der Waals surface area contributed by atoms with Crippen LogP contribution < -0.4 is 15.9 Å². The van der Waals surface area contributed by atoms with Gasteiger partial charge < -0.3 is 10.2 Å². The Labute approximate surface area is 174 Å². The summed E-state index contributed by atoms with van der Waals surface area (Å²) < 4.78 is 0. The van der Waals surface area contributed by atoms with Gasteiger partial charge in [0, 0.05) is 0 Å². The average Bonchev–Trinajstić information content (AvgIpc) is 2.76. The standard InChI is InChI=1S/C24H29P.CH2O3/c1-2-3-4-14-21-25(22-15-8-5-9-16-22,23-17-10-6-11-18-23)24-19-12-7-13-20-24;2-1(3)4/h5-13,15-20,25H,2-4,14,21H2,1H3;(H2,2,3,4). The zero-order chi connectivity index (χ0) is 21.0. The van der Waals surface area contributed by atoms with Crippen LogP contribution in [0.2, 0.25) is 0 Å². The molecule has 0 unspecified atom stereocenters. The zero-order valence-electron chi connectivity index (χ0n) is 17.0. The van der Waals surface area contributed by atoms with Crippen LogP contribution in [0.5, 0.6) is 0 Å². The van der Waals surface area contributed by atoms with Crippen LogP contribution in [0.15, 0.2) is 91.0 Å². The van der Waals surface area contributed by atoms with Crippen molar-refractivity contribution in [3.05, 3.63) is 91.0 Å². The minimum absolute atomic E-state index is 1.28. The second kappa shape index (κ2) is 12.0. The van der Waals surface area contributed by atoms with Crippen LogP contribution in [0.4, 0.5) is 4.79 Å². The zero-order valence-corrected chi connectivity index (χ0v) is 18.0. The Morgan fingerprint density at radius 1 is 0.655 bits per heavy atom. The molecule has 0 saturated heterocycles. The van der Waals surface area contributed by atoms with Gasteiger partial charge in [-0.25, -0.2) is 4.79 Å². The van der Waals surface area contributed by atoms with Crippen LogP contribution in [0.1, 0.15) is 32.6 Å². The van der Waals surface area contributed by atoms with E-state index in [1.165, 1.54) is 47.8 Å². The van der Waals surface area contributed by atoms with E-state index in [4.69, 9.17) is 15.0 Å². The van der Waals surface area contributed by atoms with Gasteiger partial charge in [-0.1, -0.05) is 0 Å². The molecule has 154 valence electrons. The first-order valence-electron chi connectivity index (χ1n) is 10.2. The molecule has 0 aromatic heterocycles. The normalized spacial score (nSPS) is 11.2. The maximum atomic E-state index is 8.56. The number of rotatable bonds is 8. The molecule has 3 rings (SSSR count). The fourth-order valence-corrected chi connectivity index (χ4v) is 8.85. The van der Waals surface area contributed by atoms with Crippen molar-refractivity contribution in [3.8, 4) is 0 Å². The van der Waals surface area contributed by atoms with Crippen LogP contribution in [-0.4, -0.2) is 22.5 Å². The molecule has 3 nitrogen and oxygen atoms in total. The molecule has 0 saturated carbocycles. The maximum absolute atomic E-state index is 8.56. The molecular formula is C25H31O3P. The van der Waals surface area contributed by atoms with Gasteiger partial charge in [-0.05, 0) is 0 Å². The predicted molar refractivity (Wildman–Crippen MR) is 126 cm³/mol. The summed E-state index contributed by atoms with van der Waals surface area (Å²) in [4.78, 5) is 8.56. The molecule has 3 aromatic carbocycles. The van der Waals surface area contributed by atoms with Gasteiger partial charge in [0.05, 0.1) is 0 Å². The average molecular weight is 410 g/mol. The van der Waals surface area contributed by atoms with E-state index >= 15 is 0 Å². The first kappa shape index (κ1) is 22.6. The van der Waals surface area contributed by atoms with Gasteiger partial charge in [0.15, 0.2) is 0 Å². The Hall–Kier alpha value is -2.64. The van der Waals surface area contributed by atoms with Gasteiger partial charge in [0.1, 0.15) is 0 Å². The molecule has 0 radical (unpaired) electrons. The van der Waals surface area contributed by atoms with Gasteiger partial charge in [-0.2, -0.15) is 0 Å². The van der Waals surface area contributed by atoms with Crippen molar-refractivity contribution in [2.45, 2.75) is 32.6 Å². The number of hydrogen-bond donors (Lipinski definition) is 2. The van der Waals surface area contributed by atoms with Crippen LogP contribution in [0.3, 0.4) is 0 Å². The van der Waals surface area contributed by atoms with Crippen LogP contribution in [0, 0.1) is 0 Å². The Bertz CT molecular complexity index is 735. The number of benzene rings is 3. The van der Waals surface area contributed by atoms with E-state index in [0.29, 0.717) is 0 Å². The summed E-state index contributed by atoms with van der Waals surface area (Å²) in [6.07, 6.45) is 4.71. The maximum Gasteiger partial charge on any atom is 0.503 e. The van der Waals surface area contributed by atoms with Gasteiger partial charge in [-0.15, -0.1) is 0 Å².